The average Bonchev–Trinajstić information content (AvgIpc) is 2.66. The van der Waals surface area contributed by atoms with Crippen LogP contribution in [0, 0.1) is 18.2 Å². The number of nitrogens with zero attached hydrogens (tertiary/aromatic N) is 2. The molecule has 98 valence electrons. The lowest BCUT2D eigenvalue weighted by Gasteiger charge is -2.04. The van der Waals surface area contributed by atoms with E-state index in [0.29, 0.717) is 35.1 Å². The van der Waals surface area contributed by atoms with Gasteiger partial charge in [0, 0.05) is 17.0 Å². The number of nitrogen functional groups attached to an aromatic ring is 1. The molecule has 2 rings (SSSR count). The number of aromatic nitrogens is 2. The summed E-state index contributed by atoms with van der Waals surface area (Å²) in [6.45, 7) is 2.29. The highest BCUT2D eigenvalue weighted by atomic mass is 35.5. The summed E-state index contributed by atoms with van der Waals surface area (Å²) >= 11 is 5.85. The van der Waals surface area contributed by atoms with Crippen molar-refractivity contribution in [3.8, 4) is 23.6 Å². The van der Waals surface area contributed by atoms with Gasteiger partial charge in [-0.25, -0.2) is 9.37 Å². The Bertz CT molecular complexity index is 635. The first-order valence-corrected chi connectivity index (χ1v) is 6.19. The second kappa shape index (κ2) is 5.33. The molecule has 0 fully saturated rings. The van der Waals surface area contributed by atoms with Crippen LogP contribution < -0.4 is 5.73 Å². The van der Waals surface area contributed by atoms with Gasteiger partial charge >= 0.3 is 0 Å². The van der Waals surface area contributed by atoms with Gasteiger partial charge in [0.05, 0.1) is 6.54 Å². The lowest BCUT2D eigenvalue weighted by molar-refractivity contribution is 0.628. The van der Waals surface area contributed by atoms with Crippen molar-refractivity contribution >= 4 is 17.4 Å². The molecule has 5 heteroatoms. The van der Waals surface area contributed by atoms with E-state index in [1.807, 2.05) is 6.92 Å². The highest BCUT2D eigenvalue weighted by Gasteiger charge is 2.15. The lowest BCUT2D eigenvalue weighted by Crippen LogP contribution is -2.05. The van der Waals surface area contributed by atoms with E-state index in [4.69, 9.17) is 23.8 Å². The van der Waals surface area contributed by atoms with Crippen molar-refractivity contribution in [1.82, 2.24) is 9.55 Å². The Morgan fingerprint density at radius 1 is 1.47 bits per heavy atom. The van der Waals surface area contributed by atoms with Crippen LogP contribution >= 0.6 is 11.6 Å². The zero-order valence-electron chi connectivity index (χ0n) is 10.5. The fraction of sp³-hybridized carbons (Fsp3) is 0.214. The number of terminal acetylenes is 1. The molecule has 0 unspecified atom stereocenters. The molecule has 19 heavy (non-hydrogen) atoms. The first-order valence-electron chi connectivity index (χ1n) is 5.81. The molecule has 2 N–H and O–H groups in total. The molecule has 0 atom stereocenters. The molecule has 0 radical (unpaired) electrons. The zero-order chi connectivity index (χ0) is 14.0. The highest BCUT2D eigenvalue weighted by molar-refractivity contribution is 6.30. The SMILES string of the molecule is C#CCn1c(CC)nc(-c2cc(F)cc(Cl)c2)c1N. The Morgan fingerprint density at radius 2 is 2.21 bits per heavy atom. The van der Waals surface area contributed by atoms with Crippen LogP contribution in [0.5, 0.6) is 0 Å². The summed E-state index contributed by atoms with van der Waals surface area (Å²) in [5, 5.41) is 0.305. The third-order valence-electron chi connectivity index (χ3n) is 2.79. The van der Waals surface area contributed by atoms with Gasteiger partial charge in [-0.2, -0.15) is 0 Å². The molecule has 3 nitrogen and oxygen atoms in total. The number of hydrogen-bond acceptors (Lipinski definition) is 2. The maximum atomic E-state index is 13.4. The van der Waals surface area contributed by atoms with Gasteiger partial charge in [0.15, 0.2) is 0 Å². The number of benzene rings is 1. The fourth-order valence-corrected chi connectivity index (χ4v) is 2.18. The minimum absolute atomic E-state index is 0.305. The number of anilines is 1. The molecule has 0 bridgehead atoms. The van der Waals surface area contributed by atoms with E-state index in [1.165, 1.54) is 12.1 Å². The number of hydrogen-bond donors (Lipinski definition) is 1. The predicted molar refractivity (Wildman–Crippen MR) is 75.3 cm³/mol. The van der Waals surface area contributed by atoms with E-state index in [-0.39, 0.29) is 0 Å². The van der Waals surface area contributed by atoms with Crippen molar-refractivity contribution in [3.05, 3.63) is 34.9 Å². The zero-order valence-corrected chi connectivity index (χ0v) is 11.2. The Balaban J connectivity index is 2.60. The van der Waals surface area contributed by atoms with E-state index in [0.717, 1.165) is 5.82 Å². The Kier molecular flexibility index (Phi) is 3.77. The fourth-order valence-electron chi connectivity index (χ4n) is 1.95. The quantitative estimate of drug-likeness (QED) is 0.876. The van der Waals surface area contributed by atoms with Crippen LogP contribution in [0.3, 0.4) is 0 Å². The summed E-state index contributed by atoms with van der Waals surface area (Å²) in [7, 11) is 0. The molecule has 1 heterocycles. The smallest absolute Gasteiger partial charge is 0.132 e. The molecule has 0 spiro atoms. The number of halogens is 2. The van der Waals surface area contributed by atoms with E-state index in [1.54, 1.807) is 10.6 Å². The van der Waals surface area contributed by atoms with Crippen molar-refractivity contribution in [3.63, 3.8) is 0 Å². The molecule has 0 saturated heterocycles. The van der Waals surface area contributed by atoms with Crippen LogP contribution in [-0.4, -0.2) is 9.55 Å². The van der Waals surface area contributed by atoms with Crippen molar-refractivity contribution < 1.29 is 4.39 Å². The van der Waals surface area contributed by atoms with Gasteiger partial charge in [-0.3, -0.25) is 0 Å². The average molecular weight is 278 g/mol. The minimum Gasteiger partial charge on any atom is -0.383 e. The van der Waals surface area contributed by atoms with E-state index >= 15 is 0 Å². The number of imidazole rings is 1. The summed E-state index contributed by atoms with van der Waals surface area (Å²) in [5.41, 5.74) is 7.09. The first kappa shape index (κ1) is 13.4. The van der Waals surface area contributed by atoms with Gasteiger partial charge in [-0.15, -0.1) is 6.42 Å². The Morgan fingerprint density at radius 3 is 2.79 bits per heavy atom. The molecular formula is C14H13ClFN3. The first-order chi connectivity index (χ1) is 9.06. The summed E-state index contributed by atoms with van der Waals surface area (Å²) in [6.07, 6.45) is 6.00. The van der Waals surface area contributed by atoms with Crippen molar-refractivity contribution in [2.24, 2.45) is 0 Å². The van der Waals surface area contributed by atoms with Crippen molar-refractivity contribution in [2.45, 2.75) is 19.9 Å². The Labute approximate surface area is 116 Å². The van der Waals surface area contributed by atoms with E-state index < -0.39 is 5.82 Å². The predicted octanol–water partition coefficient (Wildman–Crippen LogP) is 3.12. The van der Waals surface area contributed by atoms with E-state index in [2.05, 4.69) is 10.9 Å². The van der Waals surface area contributed by atoms with Gasteiger partial charge in [-0.05, 0) is 18.2 Å². The van der Waals surface area contributed by atoms with Crippen LogP contribution in [0.1, 0.15) is 12.7 Å². The van der Waals surface area contributed by atoms with Crippen LogP contribution in [0.4, 0.5) is 10.2 Å². The second-order valence-electron chi connectivity index (χ2n) is 4.06. The number of nitrogens with two attached hydrogens (primary N) is 1. The molecular weight excluding hydrogens is 265 g/mol. The summed E-state index contributed by atoms with van der Waals surface area (Å²) < 4.78 is 15.1. The van der Waals surface area contributed by atoms with E-state index in [9.17, 15) is 4.39 Å². The van der Waals surface area contributed by atoms with Crippen molar-refractivity contribution in [1.29, 1.82) is 0 Å². The normalized spacial score (nSPS) is 10.4. The van der Waals surface area contributed by atoms with Crippen LogP contribution in [0.25, 0.3) is 11.3 Å². The monoisotopic (exact) mass is 277 g/mol. The highest BCUT2D eigenvalue weighted by Crippen LogP contribution is 2.29. The van der Waals surface area contributed by atoms with Gasteiger partial charge < -0.3 is 10.3 Å². The third kappa shape index (κ3) is 2.56. The van der Waals surface area contributed by atoms with Crippen LogP contribution in [-0.2, 0) is 13.0 Å². The maximum Gasteiger partial charge on any atom is 0.132 e. The molecule has 2 aromatic rings. The number of aryl methyl sites for hydroxylation is 1. The lowest BCUT2D eigenvalue weighted by atomic mass is 10.1. The van der Waals surface area contributed by atoms with Crippen molar-refractivity contribution in [2.75, 3.05) is 5.73 Å². The summed E-state index contributed by atoms with van der Waals surface area (Å²) in [6, 6.07) is 4.22. The largest absolute Gasteiger partial charge is 0.383 e. The van der Waals surface area contributed by atoms with Gasteiger partial charge in [0.1, 0.15) is 23.2 Å². The maximum absolute atomic E-state index is 13.4. The second-order valence-corrected chi connectivity index (χ2v) is 4.50. The molecule has 1 aromatic heterocycles. The van der Waals surface area contributed by atoms with Crippen LogP contribution in [0.2, 0.25) is 5.02 Å². The third-order valence-corrected chi connectivity index (χ3v) is 3.01. The molecule has 0 aliphatic rings. The topological polar surface area (TPSA) is 43.8 Å². The summed E-state index contributed by atoms with van der Waals surface area (Å²) in [4.78, 5) is 4.42. The number of rotatable bonds is 3. The van der Waals surface area contributed by atoms with Crippen LogP contribution in [0.15, 0.2) is 18.2 Å². The minimum atomic E-state index is -0.425. The van der Waals surface area contributed by atoms with Gasteiger partial charge in [0.2, 0.25) is 0 Å². The van der Waals surface area contributed by atoms with Gasteiger partial charge in [-0.1, -0.05) is 24.4 Å². The Hall–Kier alpha value is -1.99. The molecule has 0 aliphatic heterocycles. The molecule has 1 aromatic carbocycles. The van der Waals surface area contributed by atoms with Gasteiger partial charge in [0.25, 0.3) is 0 Å². The molecule has 0 aliphatic carbocycles. The standard InChI is InChI=1S/C14H13ClFN3/c1-3-5-19-12(4-2)18-13(14(19)17)9-6-10(15)8-11(16)7-9/h1,6-8H,4-5,17H2,2H3. The summed E-state index contributed by atoms with van der Waals surface area (Å²) in [5.74, 6) is 3.30. The molecule has 0 amide bonds. The molecule has 0 saturated carbocycles.